The number of halogens is 1. The minimum absolute atomic E-state index is 0.228. The maximum atomic E-state index is 6.08. The monoisotopic (exact) mass is 285 g/mol. The van der Waals surface area contributed by atoms with Crippen molar-refractivity contribution in [2.45, 2.75) is 51.0 Å². The second-order valence-electron chi connectivity index (χ2n) is 4.95. The van der Waals surface area contributed by atoms with Crippen molar-refractivity contribution in [2.24, 2.45) is 11.7 Å². The number of hydrogen-bond donors (Lipinski definition) is 1. The van der Waals surface area contributed by atoms with Crippen LogP contribution in [0.15, 0.2) is 23.1 Å². The SMILES string of the molecule is CCC(C)CSc1ccc(Cl)cc1CC(N)CC. The van der Waals surface area contributed by atoms with Crippen molar-refractivity contribution in [1.82, 2.24) is 0 Å². The summed E-state index contributed by atoms with van der Waals surface area (Å²) in [6.45, 7) is 6.66. The zero-order chi connectivity index (χ0) is 13.5. The van der Waals surface area contributed by atoms with Crippen molar-refractivity contribution in [1.29, 1.82) is 0 Å². The highest BCUT2D eigenvalue weighted by molar-refractivity contribution is 7.99. The van der Waals surface area contributed by atoms with Gasteiger partial charge in [-0.15, -0.1) is 11.8 Å². The van der Waals surface area contributed by atoms with Gasteiger partial charge in [0.05, 0.1) is 0 Å². The predicted molar refractivity (Wildman–Crippen MR) is 83.6 cm³/mol. The van der Waals surface area contributed by atoms with E-state index in [1.54, 1.807) is 0 Å². The van der Waals surface area contributed by atoms with E-state index in [4.69, 9.17) is 17.3 Å². The van der Waals surface area contributed by atoms with E-state index >= 15 is 0 Å². The van der Waals surface area contributed by atoms with E-state index in [0.29, 0.717) is 0 Å². The molecule has 1 aromatic carbocycles. The fraction of sp³-hybridized carbons (Fsp3) is 0.600. The molecular weight excluding hydrogens is 262 g/mol. The normalized spacial score (nSPS) is 14.5. The first-order chi connectivity index (χ1) is 8.56. The van der Waals surface area contributed by atoms with Crippen molar-refractivity contribution in [3.05, 3.63) is 28.8 Å². The summed E-state index contributed by atoms with van der Waals surface area (Å²) in [5.74, 6) is 1.91. The summed E-state index contributed by atoms with van der Waals surface area (Å²) >= 11 is 8.01. The lowest BCUT2D eigenvalue weighted by molar-refractivity contribution is 0.634. The fourth-order valence-electron chi connectivity index (χ4n) is 1.63. The van der Waals surface area contributed by atoms with E-state index < -0.39 is 0 Å². The summed E-state index contributed by atoms with van der Waals surface area (Å²) in [4.78, 5) is 1.34. The van der Waals surface area contributed by atoms with Crippen LogP contribution in [-0.2, 0) is 6.42 Å². The molecule has 0 amide bonds. The molecule has 1 nitrogen and oxygen atoms in total. The number of rotatable bonds is 7. The molecule has 0 aliphatic heterocycles. The largest absolute Gasteiger partial charge is 0.327 e. The number of benzene rings is 1. The molecule has 102 valence electrons. The van der Waals surface area contributed by atoms with E-state index in [1.165, 1.54) is 16.9 Å². The Morgan fingerprint density at radius 2 is 2.00 bits per heavy atom. The number of hydrogen-bond acceptors (Lipinski definition) is 2. The Labute approximate surface area is 120 Å². The predicted octanol–water partition coefficient (Wildman–Crippen LogP) is 4.76. The van der Waals surface area contributed by atoms with Gasteiger partial charge in [-0.2, -0.15) is 0 Å². The lowest BCUT2D eigenvalue weighted by Gasteiger charge is -2.15. The Morgan fingerprint density at radius 1 is 1.28 bits per heavy atom. The van der Waals surface area contributed by atoms with Crippen LogP contribution in [0.2, 0.25) is 5.02 Å². The van der Waals surface area contributed by atoms with Crippen LogP contribution in [0.3, 0.4) is 0 Å². The first-order valence-electron chi connectivity index (χ1n) is 6.73. The van der Waals surface area contributed by atoms with Crippen molar-refractivity contribution in [3.8, 4) is 0 Å². The van der Waals surface area contributed by atoms with Crippen molar-refractivity contribution in [3.63, 3.8) is 0 Å². The Bertz CT molecular complexity index is 368. The molecule has 0 heterocycles. The van der Waals surface area contributed by atoms with Crippen LogP contribution in [0.25, 0.3) is 0 Å². The van der Waals surface area contributed by atoms with Gasteiger partial charge in [0.1, 0.15) is 0 Å². The molecule has 0 bridgehead atoms. The fourth-order valence-corrected chi connectivity index (χ4v) is 3.01. The molecule has 3 heteroatoms. The molecule has 0 fully saturated rings. The van der Waals surface area contributed by atoms with E-state index in [-0.39, 0.29) is 6.04 Å². The van der Waals surface area contributed by atoms with Gasteiger partial charge in [0.25, 0.3) is 0 Å². The summed E-state index contributed by atoms with van der Waals surface area (Å²) in [6.07, 6.45) is 3.15. The van der Waals surface area contributed by atoms with Gasteiger partial charge in [0.2, 0.25) is 0 Å². The van der Waals surface area contributed by atoms with Crippen LogP contribution in [0.4, 0.5) is 0 Å². The van der Waals surface area contributed by atoms with Gasteiger partial charge in [0.15, 0.2) is 0 Å². The molecule has 1 aromatic rings. The lowest BCUT2D eigenvalue weighted by Crippen LogP contribution is -2.21. The van der Waals surface area contributed by atoms with Gasteiger partial charge in [-0.1, -0.05) is 38.8 Å². The average molecular weight is 286 g/mol. The van der Waals surface area contributed by atoms with Crippen molar-refractivity contribution < 1.29 is 0 Å². The summed E-state index contributed by atoms with van der Waals surface area (Å²) in [7, 11) is 0. The molecule has 0 saturated heterocycles. The zero-order valence-electron chi connectivity index (χ0n) is 11.6. The topological polar surface area (TPSA) is 26.0 Å². The third kappa shape index (κ3) is 5.21. The van der Waals surface area contributed by atoms with E-state index in [1.807, 2.05) is 17.8 Å². The molecule has 0 radical (unpaired) electrons. The molecule has 0 aliphatic rings. The highest BCUT2D eigenvalue weighted by atomic mass is 35.5. The van der Waals surface area contributed by atoms with Crippen LogP contribution in [0, 0.1) is 5.92 Å². The molecule has 0 saturated carbocycles. The first kappa shape index (κ1) is 15.9. The average Bonchev–Trinajstić information content (AvgIpc) is 2.37. The maximum absolute atomic E-state index is 6.08. The van der Waals surface area contributed by atoms with Crippen LogP contribution < -0.4 is 5.73 Å². The third-order valence-corrected chi connectivity index (χ3v) is 4.93. The summed E-state index contributed by atoms with van der Waals surface area (Å²) in [6, 6.07) is 6.40. The van der Waals surface area contributed by atoms with Gasteiger partial charge in [-0.3, -0.25) is 0 Å². The smallest absolute Gasteiger partial charge is 0.0409 e. The van der Waals surface area contributed by atoms with Gasteiger partial charge < -0.3 is 5.73 Å². The Morgan fingerprint density at radius 3 is 2.61 bits per heavy atom. The Hall–Kier alpha value is -0.180. The third-order valence-electron chi connectivity index (χ3n) is 3.25. The van der Waals surface area contributed by atoms with Crippen LogP contribution >= 0.6 is 23.4 Å². The summed E-state index contributed by atoms with van der Waals surface area (Å²) < 4.78 is 0. The van der Waals surface area contributed by atoms with E-state index in [2.05, 4.69) is 32.9 Å². The van der Waals surface area contributed by atoms with E-state index in [9.17, 15) is 0 Å². The molecule has 18 heavy (non-hydrogen) atoms. The van der Waals surface area contributed by atoms with Crippen molar-refractivity contribution in [2.75, 3.05) is 5.75 Å². The molecule has 2 atom stereocenters. The number of thioether (sulfide) groups is 1. The van der Waals surface area contributed by atoms with E-state index in [0.717, 1.165) is 29.5 Å². The quantitative estimate of drug-likeness (QED) is 0.731. The highest BCUT2D eigenvalue weighted by Crippen LogP contribution is 2.29. The maximum Gasteiger partial charge on any atom is 0.0409 e. The lowest BCUT2D eigenvalue weighted by atomic mass is 10.0. The standard InChI is InChI=1S/C15H24ClNS/c1-4-11(3)10-18-15-7-6-13(16)8-12(15)9-14(17)5-2/h6-8,11,14H,4-5,9-10,17H2,1-3H3. The molecule has 2 unspecified atom stereocenters. The van der Waals surface area contributed by atoms with Crippen LogP contribution in [0.5, 0.6) is 0 Å². The Kier molecular flexibility index (Phi) is 7.13. The second-order valence-corrected chi connectivity index (χ2v) is 6.45. The molecular formula is C15H24ClNS. The molecule has 0 aromatic heterocycles. The van der Waals surface area contributed by atoms with Gasteiger partial charge in [0, 0.05) is 21.7 Å². The van der Waals surface area contributed by atoms with Gasteiger partial charge >= 0.3 is 0 Å². The van der Waals surface area contributed by atoms with Gasteiger partial charge in [-0.25, -0.2) is 0 Å². The minimum atomic E-state index is 0.228. The summed E-state index contributed by atoms with van der Waals surface area (Å²) in [5, 5.41) is 0.807. The summed E-state index contributed by atoms with van der Waals surface area (Å²) in [5.41, 5.74) is 7.35. The highest BCUT2D eigenvalue weighted by Gasteiger charge is 2.09. The molecule has 2 N–H and O–H groups in total. The number of nitrogens with two attached hydrogens (primary N) is 1. The minimum Gasteiger partial charge on any atom is -0.327 e. The Balaban J connectivity index is 2.76. The zero-order valence-corrected chi connectivity index (χ0v) is 13.2. The first-order valence-corrected chi connectivity index (χ1v) is 8.09. The molecule has 0 aliphatic carbocycles. The molecule has 1 rings (SSSR count). The van der Waals surface area contributed by atoms with Crippen LogP contribution in [-0.4, -0.2) is 11.8 Å². The van der Waals surface area contributed by atoms with Crippen molar-refractivity contribution >= 4 is 23.4 Å². The van der Waals surface area contributed by atoms with Crippen LogP contribution in [0.1, 0.15) is 39.2 Å². The molecule has 0 spiro atoms. The second kappa shape index (κ2) is 8.08. The van der Waals surface area contributed by atoms with Gasteiger partial charge in [-0.05, 0) is 42.5 Å².